The topological polar surface area (TPSA) is 362 Å². The van der Waals surface area contributed by atoms with Crippen molar-refractivity contribution in [1.29, 1.82) is 0 Å². The van der Waals surface area contributed by atoms with Gasteiger partial charge in [0.25, 0.3) is 6.23 Å². The van der Waals surface area contributed by atoms with Crippen LogP contribution >= 0.6 is 23.5 Å². The maximum Gasteiger partial charge on any atom is 0.481 e. The Bertz CT molecular complexity index is 1860. The predicted molar refractivity (Wildman–Crippen MR) is 151 cm³/mol. The number of rotatable bonds is 13. The number of aliphatic hydroxyl groups excluding tert-OH is 3. The van der Waals surface area contributed by atoms with Crippen LogP contribution in [-0.4, -0.2) is 110 Å². The molecule has 0 aliphatic carbocycles. The van der Waals surface area contributed by atoms with Gasteiger partial charge in [-0.1, -0.05) is 0 Å². The number of carboxylic acids is 1. The number of aryl methyl sites for hydroxylation is 1. The first-order valence-corrected chi connectivity index (χ1v) is 18.2. The SMILES string of the molecule is Cc1cc[n+]([C@H]2O[C@@H](COP(=O)(O)OP(=O)(O)OC[C@H]3O[C@@H](n4cnc5c(N)ncnc54)[C@H](OP(=O)(O)O)[C@@H]3O)[C@H](O)[C@@H]2O)cc1C(=O)[O-]. The third kappa shape index (κ3) is 8.38. The molecule has 0 bridgehead atoms. The van der Waals surface area contributed by atoms with E-state index in [0.717, 1.165) is 28.0 Å². The number of aromatic carboxylic acids is 1. The Labute approximate surface area is 273 Å². The number of carboxylic acid groups (broad SMARTS) is 1. The zero-order chi connectivity index (χ0) is 36.1. The van der Waals surface area contributed by atoms with Crippen molar-refractivity contribution < 1.29 is 90.4 Å². The lowest BCUT2D eigenvalue weighted by Crippen LogP contribution is -2.47. The van der Waals surface area contributed by atoms with Crippen molar-refractivity contribution in [3.8, 4) is 0 Å². The van der Waals surface area contributed by atoms with Gasteiger partial charge in [-0.15, -0.1) is 0 Å². The molecule has 0 spiro atoms. The van der Waals surface area contributed by atoms with Crippen molar-refractivity contribution in [2.24, 2.45) is 0 Å². The third-order valence-electron chi connectivity index (χ3n) is 7.29. The first kappa shape index (κ1) is 37.4. The standard InChI is InChI=1S/C22H29N6O18P3/c1-9-2-3-27(4-10(9)22(32)33)20-16(31)14(29)11(43-20)5-41-48(37,38)46-49(39,40)42-6-12-15(30)17(45-47(34,35)36)21(44-12)28-8-26-13-18(23)24-7-25-19(13)28/h2-4,7-8,11-12,14-17,20-21,29-31H,5-6H2,1H3,(H6-,23,24,25,32,33,34,35,36,37,38,39,40)/t11-,12+,14-,15+,16-,17+,20-,21+/m0/s1. The van der Waals surface area contributed by atoms with Gasteiger partial charge in [0, 0.05) is 6.07 Å². The van der Waals surface area contributed by atoms with E-state index in [1.54, 1.807) is 0 Å². The van der Waals surface area contributed by atoms with Crippen molar-refractivity contribution in [3.63, 3.8) is 0 Å². The third-order valence-corrected chi connectivity index (χ3v) is 10.4. The van der Waals surface area contributed by atoms with E-state index < -0.39 is 91.7 Å². The molecule has 2 saturated heterocycles. The van der Waals surface area contributed by atoms with E-state index in [-0.39, 0.29) is 22.5 Å². The number of carbonyl (C=O) groups excluding carboxylic acids is 1. The van der Waals surface area contributed by atoms with Crippen LogP contribution in [0.1, 0.15) is 28.4 Å². The second kappa shape index (κ2) is 14.0. The number of nitrogen functional groups attached to an aromatic ring is 1. The minimum absolute atomic E-state index is 0.00455. The molecule has 0 aromatic carbocycles. The molecule has 49 heavy (non-hydrogen) atoms. The van der Waals surface area contributed by atoms with Crippen LogP contribution in [-0.2, 0) is 41.1 Å². The summed E-state index contributed by atoms with van der Waals surface area (Å²) >= 11 is 0. The fourth-order valence-corrected chi connectivity index (χ4v) is 7.62. The fraction of sp³-hybridized carbons (Fsp3) is 0.500. The summed E-state index contributed by atoms with van der Waals surface area (Å²) in [4.78, 5) is 62.1. The van der Waals surface area contributed by atoms with E-state index in [4.69, 9.17) is 15.2 Å². The number of pyridine rings is 1. The number of aliphatic hydroxyl groups is 3. The van der Waals surface area contributed by atoms with Gasteiger partial charge in [0.15, 0.2) is 36.2 Å². The Hall–Kier alpha value is -2.86. The van der Waals surface area contributed by atoms with Crippen LogP contribution in [0.2, 0.25) is 0 Å². The molecule has 2 aliphatic heterocycles. The number of aromatic nitrogens is 5. The highest BCUT2D eigenvalue weighted by atomic mass is 31.3. The van der Waals surface area contributed by atoms with Gasteiger partial charge in [-0.2, -0.15) is 8.88 Å². The molecule has 270 valence electrons. The predicted octanol–water partition coefficient (Wildman–Crippen LogP) is -3.33. The molecule has 5 heterocycles. The average Bonchev–Trinajstić information content (AvgIpc) is 3.64. The number of nitrogens with zero attached hydrogens (tertiary/aromatic N) is 5. The number of fused-ring (bicyclic) bond motifs is 1. The minimum Gasteiger partial charge on any atom is -0.545 e. The van der Waals surface area contributed by atoms with Gasteiger partial charge in [0.05, 0.1) is 31.1 Å². The second-order valence-corrected chi connectivity index (χ2v) is 14.9. The summed E-state index contributed by atoms with van der Waals surface area (Å²) in [5.74, 6) is -1.59. The summed E-state index contributed by atoms with van der Waals surface area (Å²) in [7, 11) is -16.3. The van der Waals surface area contributed by atoms with E-state index >= 15 is 0 Å². The molecule has 27 heteroatoms. The van der Waals surface area contributed by atoms with E-state index in [2.05, 4.69) is 32.8 Å². The number of anilines is 1. The molecule has 9 N–H and O–H groups in total. The van der Waals surface area contributed by atoms with Crippen LogP contribution in [0, 0.1) is 6.92 Å². The molecule has 2 fully saturated rings. The van der Waals surface area contributed by atoms with Crippen LogP contribution in [0.5, 0.6) is 0 Å². The summed E-state index contributed by atoms with van der Waals surface area (Å²) in [5, 5.41) is 42.9. The number of nitrogens with two attached hydrogens (primary N) is 1. The van der Waals surface area contributed by atoms with Gasteiger partial charge in [0.1, 0.15) is 42.4 Å². The smallest absolute Gasteiger partial charge is 0.481 e. The summed E-state index contributed by atoms with van der Waals surface area (Å²) in [6, 6.07) is 1.37. The molecule has 3 aromatic rings. The van der Waals surface area contributed by atoms with Gasteiger partial charge in [-0.25, -0.2) is 28.6 Å². The molecular weight excluding hydrogens is 729 g/mol. The van der Waals surface area contributed by atoms with E-state index in [1.165, 1.54) is 19.2 Å². The normalized spacial score (nSPS) is 30.0. The zero-order valence-corrected chi connectivity index (χ0v) is 27.4. The summed E-state index contributed by atoms with van der Waals surface area (Å²) in [5.41, 5.74) is 5.89. The van der Waals surface area contributed by atoms with Crippen molar-refractivity contribution in [3.05, 3.63) is 42.2 Å². The van der Waals surface area contributed by atoms with Crippen LogP contribution in [0.4, 0.5) is 5.82 Å². The molecule has 3 aromatic heterocycles. The maximum absolute atomic E-state index is 12.6. The Morgan fingerprint density at radius 2 is 1.63 bits per heavy atom. The lowest BCUT2D eigenvalue weighted by Gasteiger charge is -2.22. The molecule has 0 radical (unpaired) electrons. The zero-order valence-electron chi connectivity index (χ0n) is 24.7. The summed E-state index contributed by atoms with van der Waals surface area (Å²) in [6.45, 7) is -0.596. The first-order valence-electron chi connectivity index (χ1n) is 13.7. The largest absolute Gasteiger partial charge is 0.545 e. The number of ether oxygens (including phenoxy) is 2. The number of imidazole rings is 1. The van der Waals surface area contributed by atoms with Crippen molar-refractivity contribution in [1.82, 2.24) is 19.5 Å². The second-order valence-electron chi connectivity index (χ2n) is 10.6. The van der Waals surface area contributed by atoms with Crippen molar-refractivity contribution in [2.75, 3.05) is 18.9 Å². The Morgan fingerprint density at radius 1 is 1.00 bits per heavy atom. The van der Waals surface area contributed by atoms with E-state index in [0.29, 0.717) is 5.56 Å². The van der Waals surface area contributed by atoms with E-state index in [1.807, 2.05) is 0 Å². The number of hydrogen-bond acceptors (Lipinski definition) is 18. The van der Waals surface area contributed by atoms with Gasteiger partial charge in [-0.3, -0.25) is 18.1 Å². The molecule has 2 unspecified atom stereocenters. The van der Waals surface area contributed by atoms with E-state index in [9.17, 15) is 58.5 Å². The Morgan fingerprint density at radius 3 is 2.24 bits per heavy atom. The molecule has 10 atom stereocenters. The van der Waals surface area contributed by atoms with Gasteiger partial charge in [0.2, 0.25) is 0 Å². The van der Waals surface area contributed by atoms with Crippen molar-refractivity contribution >= 4 is 46.4 Å². The molecule has 0 saturated carbocycles. The Balaban J connectivity index is 1.21. The first-order chi connectivity index (χ1) is 22.8. The monoisotopic (exact) mass is 758 g/mol. The lowest BCUT2D eigenvalue weighted by molar-refractivity contribution is -0.766. The van der Waals surface area contributed by atoms with Crippen LogP contribution in [0.15, 0.2) is 31.1 Å². The molecule has 0 amide bonds. The average molecular weight is 758 g/mol. The van der Waals surface area contributed by atoms with Gasteiger partial charge < -0.3 is 60.0 Å². The highest BCUT2D eigenvalue weighted by Gasteiger charge is 2.51. The Kier molecular flexibility index (Phi) is 10.7. The summed E-state index contributed by atoms with van der Waals surface area (Å²) < 4.78 is 68.3. The number of phosphoric acid groups is 3. The number of carbonyl (C=O) groups is 1. The highest BCUT2D eigenvalue weighted by Crippen LogP contribution is 2.61. The van der Waals surface area contributed by atoms with Gasteiger partial charge >= 0.3 is 23.5 Å². The molecular formula is C22H29N6O18P3. The van der Waals surface area contributed by atoms with Crippen LogP contribution in [0.25, 0.3) is 11.2 Å². The fourth-order valence-electron chi connectivity index (χ4n) is 4.99. The maximum atomic E-state index is 12.6. The quantitative estimate of drug-likeness (QED) is 0.0624. The lowest BCUT2D eigenvalue weighted by atomic mass is 10.1. The highest BCUT2D eigenvalue weighted by molar-refractivity contribution is 7.61. The molecule has 24 nitrogen and oxygen atoms in total. The van der Waals surface area contributed by atoms with Crippen LogP contribution in [0.3, 0.4) is 0 Å². The van der Waals surface area contributed by atoms with Gasteiger partial charge in [-0.05, 0) is 12.5 Å². The molecule has 2 aliphatic rings. The molecule has 5 rings (SSSR count). The van der Waals surface area contributed by atoms with Crippen LogP contribution < -0.4 is 15.4 Å². The minimum atomic E-state index is -5.55. The number of hydrogen-bond donors (Lipinski definition) is 8. The van der Waals surface area contributed by atoms with Crippen molar-refractivity contribution in [2.45, 2.75) is 56.0 Å². The summed E-state index contributed by atoms with van der Waals surface area (Å²) in [6.07, 6.45) is -8.89. The number of phosphoric ester groups is 3.